The molecule has 1 heterocycles. The molecule has 88 valence electrons. The fourth-order valence-electron chi connectivity index (χ4n) is 1.38. The molecule has 1 aromatic heterocycles. The van der Waals surface area contributed by atoms with Gasteiger partial charge in [-0.15, -0.1) is 0 Å². The summed E-state index contributed by atoms with van der Waals surface area (Å²) in [6.07, 6.45) is 3.05. The average molecular weight is 231 g/mol. The lowest BCUT2D eigenvalue weighted by molar-refractivity contribution is 0.406. The summed E-state index contributed by atoms with van der Waals surface area (Å²) in [5.41, 5.74) is 6.54. The number of rotatable bonds is 4. The highest BCUT2D eigenvalue weighted by molar-refractivity contribution is 5.39. The van der Waals surface area contributed by atoms with Gasteiger partial charge in [-0.2, -0.15) is 0 Å². The van der Waals surface area contributed by atoms with E-state index < -0.39 is 0 Å². The van der Waals surface area contributed by atoms with Crippen LogP contribution in [0.4, 0.5) is 0 Å². The largest absolute Gasteiger partial charge is 0.497 e. The van der Waals surface area contributed by atoms with E-state index >= 15 is 0 Å². The fraction of sp³-hybridized carbons (Fsp3) is 0.167. The number of hydrogen-bond donors (Lipinski definition) is 1. The van der Waals surface area contributed by atoms with E-state index in [1.54, 1.807) is 25.4 Å². The number of ether oxygens (including phenoxy) is 2. The molecule has 0 fully saturated rings. The first-order valence-corrected chi connectivity index (χ1v) is 5.13. The molecular formula is C12H13N3O2. The van der Waals surface area contributed by atoms with Crippen LogP contribution < -0.4 is 15.2 Å². The van der Waals surface area contributed by atoms with Crippen LogP contribution in [0.3, 0.4) is 0 Å². The molecule has 0 aliphatic heterocycles. The first-order chi connectivity index (χ1) is 8.31. The van der Waals surface area contributed by atoms with Crippen molar-refractivity contribution in [2.45, 2.75) is 6.54 Å². The zero-order chi connectivity index (χ0) is 12.1. The monoisotopic (exact) mass is 231 g/mol. The third-order valence-electron chi connectivity index (χ3n) is 2.19. The van der Waals surface area contributed by atoms with E-state index in [1.165, 1.54) is 6.33 Å². The quantitative estimate of drug-likeness (QED) is 0.867. The van der Waals surface area contributed by atoms with E-state index in [0.717, 1.165) is 5.56 Å². The molecule has 0 saturated heterocycles. The molecular weight excluding hydrogens is 218 g/mol. The minimum Gasteiger partial charge on any atom is -0.497 e. The smallest absolute Gasteiger partial charge is 0.222 e. The van der Waals surface area contributed by atoms with E-state index in [1.807, 2.05) is 12.1 Å². The van der Waals surface area contributed by atoms with Crippen LogP contribution in [-0.4, -0.2) is 17.1 Å². The van der Waals surface area contributed by atoms with E-state index in [9.17, 15) is 0 Å². The van der Waals surface area contributed by atoms with Crippen LogP contribution >= 0.6 is 0 Å². The lowest BCUT2D eigenvalue weighted by atomic mass is 10.2. The molecule has 0 amide bonds. The van der Waals surface area contributed by atoms with Gasteiger partial charge < -0.3 is 15.2 Å². The number of hydrogen-bond acceptors (Lipinski definition) is 5. The van der Waals surface area contributed by atoms with E-state index in [0.29, 0.717) is 23.9 Å². The van der Waals surface area contributed by atoms with Crippen molar-refractivity contribution in [2.75, 3.05) is 7.11 Å². The topological polar surface area (TPSA) is 70.3 Å². The van der Waals surface area contributed by atoms with Crippen LogP contribution in [-0.2, 0) is 6.54 Å². The van der Waals surface area contributed by atoms with Gasteiger partial charge in [0.2, 0.25) is 5.88 Å². The van der Waals surface area contributed by atoms with Gasteiger partial charge in [-0.25, -0.2) is 9.97 Å². The second-order valence-corrected chi connectivity index (χ2v) is 3.37. The maximum atomic E-state index is 5.60. The van der Waals surface area contributed by atoms with Gasteiger partial charge in [-0.1, -0.05) is 0 Å². The second kappa shape index (κ2) is 5.27. The van der Waals surface area contributed by atoms with Crippen molar-refractivity contribution in [1.82, 2.24) is 9.97 Å². The Kier molecular flexibility index (Phi) is 3.52. The SMILES string of the molecule is COc1cc(CN)cc(Oc2ccncn2)c1. The molecule has 17 heavy (non-hydrogen) atoms. The normalized spacial score (nSPS) is 10.0. The standard InChI is InChI=1S/C12H13N3O2/c1-16-10-4-9(7-13)5-11(6-10)17-12-2-3-14-8-15-12/h2-6,8H,7,13H2,1H3. The highest BCUT2D eigenvalue weighted by Crippen LogP contribution is 2.25. The summed E-state index contributed by atoms with van der Waals surface area (Å²) in [5.74, 6) is 1.83. The van der Waals surface area contributed by atoms with Gasteiger partial charge in [0.25, 0.3) is 0 Å². The summed E-state index contributed by atoms with van der Waals surface area (Å²) in [4.78, 5) is 7.80. The first-order valence-electron chi connectivity index (χ1n) is 5.13. The number of aromatic nitrogens is 2. The Bertz CT molecular complexity index is 466. The molecule has 0 aliphatic carbocycles. The second-order valence-electron chi connectivity index (χ2n) is 3.37. The third kappa shape index (κ3) is 2.92. The fourth-order valence-corrected chi connectivity index (χ4v) is 1.38. The molecule has 2 N–H and O–H groups in total. The van der Waals surface area contributed by atoms with Gasteiger partial charge in [-0.05, 0) is 17.7 Å². The highest BCUT2D eigenvalue weighted by Gasteiger charge is 2.03. The molecule has 0 aliphatic rings. The van der Waals surface area contributed by atoms with Crippen molar-refractivity contribution in [3.05, 3.63) is 42.4 Å². The van der Waals surface area contributed by atoms with E-state index in [-0.39, 0.29) is 0 Å². The van der Waals surface area contributed by atoms with Crippen LogP contribution in [0.25, 0.3) is 0 Å². The van der Waals surface area contributed by atoms with Crippen LogP contribution in [0.5, 0.6) is 17.4 Å². The first kappa shape index (κ1) is 11.3. The molecule has 0 unspecified atom stereocenters. The van der Waals surface area contributed by atoms with Gasteiger partial charge in [0.1, 0.15) is 17.8 Å². The minimum absolute atomic E-state index is 0.428. The Labute approximate surface area is 99.2 Å². The summed E-state index contributed by atoms with van der Waals surface area (Å²) in [6, 6.07) is 7.18. The van der Waals surface area contributed by atoms with Crippen molar-refractivity contribution in [3.63, 3.8) is 0 Å². The summed E-state index contributed by atoms with van der Waals surface area (Å²) in [6.45, 7) is 0.428. The van der Waals surface area contributed by atoms with E-state index in [2.05, 4.69) is 9.97 Å². The summed E-state index contributed by atoms with van der Waals surface area (Å²) < 4.78 is 10.7. The maximum Gasteiger partial charge on any atom is 0.222 e. The molecule has 0 atom stereocenters. The summed E-state index contributed by atoms with van der Waals surface area (Å²) >= 11 is 0. The Morgan fingerprint density at radius 2 is 2.06 bits per heavy atom. The van der Waals surface area contributed by atoms with Crippen molar-refractivity contribution < 1.29 is 9.47 Å². The van der Waals surface area contributed by atoms with Crippen molar-refractivity contribution in [1.29, 1.82) is 0 Å². The van der Waals surface area contributed by atoms with Crippen molar-refractivity contribution in [3.8, 4) is 17.4 Å². The average Bonchev–Trinajstić information content (AvgIpc) is 2.39. The maximum absolute atomic E-state index is 5.60. The molecule has 0 bridgehead atoms. The number of nitrogens with zero attached hydrogens (tertiary/aromatic N) is 2. The Balaban J connectivity index is 2.26. The van der Waals surface area contributed by atoms with Crippen LogP contribution in [0.2, 0.25) is 0 Å². The predicted molar refractivity (Wildman–Crippen MR) is 63.0 cm³/mol. The minimum atomic E-state index is 0.428. The molecule has 2 aromatic rings. The summed E-state index contributed by atoms with van der Waals surface area (Å²) in [7, 11) is 1.60. The zero-order valence-electron chi connectivity index (χ0n) is 9.46. The lowest BCUT2D eigenvalue weighted by Crippen LogP contribution is -1.98. The van der Waals surface area contributed by atoms with Gasteiger partial charge >= 0.3 is 0 Å². The highest BCUT2D eigenvalue weighted by atomic mass is 16.5. The molecule has 0 spiro atoms. The van der Waals surface area contributed by atoms with Crippen LogP contribution in [0.1, 0.15) is 5.56 Å². The molecule has 1 aromatic carbocycles. The van der Waals surface area contributed by atoms with Gasteiger partial charge in [0.05, 0.1) is 7.11 Å². The number of methoxy groups -OCH3 is 1. The van der Waals surface area contributed by atoms with Crippen LogP contribution in [0.15, 0.2) is 36.8 Å². The molecule has 0 radical (unpaired) electrons. The van der Waals surface area contributed by atoms with Gasteiger partial charge in [-0.3, -0.25) is 0 Å². The van der Waals surface area contributed by atoms with Crippen molar-refractivity contribution in [2.24, 2.45) is 5.73 Å². The molecule has 0 saturated carbocycles. The zero-order valence-corrected chi connectivity index (χ0v) is 9.46. The molecule has 5 heteroatoms. The Morgan fingerprint density at radius 3 is 2.71 bits per heavy atom. The van der Waals surface area contributed by atoms with Crippen molar-refractivity contribution >= 4 is 0 Å². The summed E-state index contributed by atoms with van der Waals surface area (Å²) in [5, 5.41) is 0. The van der Waals surface area contributed by atoms with Gasteiger partial charge in [0, 0.05) is 24.9 Å². The third-order valence-corrected chi connectivity index (χ3v) is 2.19. The van der Waals surface area contributed by atoms with Gasteiger partial charge in [0.15, 0.2) is 0 Å². The molecule has 2 rings (SSSR count). The lowest BCUT2D eigenvalue weighted by Gasteiger charge is -2.08. The van der Waals surface area contributed by atoms with E-state index in [4.69, 9.17) is 15.2 Å². The Morgan fingerprint density at radius 1 is 1.24 bits per heavy atom. The predicted octanol–water partition coefficient (Wildman–Crippen LogP) is 1.74. The van der Waals surface area contributed by atoms with Crippen LogP contribution in [0, 0.1) is 0 Å². The Hall–Kier alpha value is -2.14. The molecule has 5 nitrogen and oxygen atoms in total. The number of nitrogens with two attached hydrogens (primary N) is 1. The number of benzene rings is 1.